The first-order chi connectivity index (χ1) is 8.86. The van der Waals surface area contributed by atoms with Crippen LogP contribution in [0.3, 0.4) is 0 Å². The number of sulfone groups is 1. The van der Waals surface area contributed by atoms with E-state index >= 15 is 0 Å². The minimum Gasteiger partial charge on any atom is -0.397 e. The Morgan fingerprint density at radius 1 is 1.11 bits per heavy atom. The molecule has 0 bridgehead atoms. The summed E-state index contributed by atoms with van der Waals surface area (Å²) in [5.41, 5.74) is 7.36. The lowest BCUT2D eigenvalue weighted by atomic mass is 10.3. The Morgan fingerprint density at radius 2 is 1.74 bits per heavy atom. The third-order valence-electron chi connectivity index (χ3n) is 2.50. The Morgan fingerprint density at radius 3 is 2.32 bits per heavy atom. The Hall–Kier alpha value is -1.53. The molecule has 0 aliphatic rings. The Balaban J connectivity index is 2.27. The van der Waals surface area contributed by atoms with Crippen molar-refractivity contribution in [2.24, 2.45) is 0 Å². The van der Waals surface area contributed by atoms with Crippen molar-refractivity contribution in [2.75, 3.05) is 12.0 Å². The first-order valence-corrected chi connectivity index (χ1v) is 8.28. The van der Waals surface area contributed by atoms with Crippen molar-refractivity contribution in [1.82, 2.24) is 4.98 Å². The number of nitrogens with two attached hydrogens (primary N) is 1. The van der Waals surface area contributed by atoms with Gasteiger partial charge in [0.1, 0.15) is 5.03 Å². The van der Waals surface area contributed by atoms with Gasteiger partial charge < -0.3 is 5.73 Å². The molecule has 1 heterocycles. The molecular weight excluding hydrogens is 280 g/mol. The predicted molar refractivity (Wildman–Crippen MR) is 77.1 cm³/mol. The number of hydrogen-bond donors (Lipinski definition) is 1. The van der Waals surface area contributed by atoms with Crippen LogP contribution in [0.25, 0.3) is 0 Å². The van der Waals surface area contributed by atoms with E-state index in [1.807, 2.05) is 19.1 Å². The van der Waals surface area contributed by atoms with Gasteiger partial charge in [-0.1, -0.05) is 11.8 Å². The van der Waals surface area contributed by atoms with Gasteiger partial charge in [0.15, 0.2) is 9.84 Å². The van der Waals surface area contributed by atoms with E-state index in [1.165, 1.54) is 18.0 Å². The summed E-state index contributed by atoms with van der Waals surface area (Å²) >= 11 is 1.42. The highest BCUT2D eigenvalue weighted by atomic mass is 32.2. The lowest BCUT2D eigenvalue weighted by Gasteiger charge is -2.06. The molecule has 100 valence electrons. The molecule has 0 unspecified atom stereocenters. The molecular formula is C13H14N2O2S2. The highest BCUT2D eigenvalue weighted by Crippen LogP contribution is 2.30. The predicted octanol–water partition coefficient (Wildman–Crippen LogP) is 2.53. The van der Waals surface area contributed by atoms with Crippen LogP contribution in [0.5, 0.6) is 0 Å². The van der Waals surface area contributed by atoms with Gasteiger partial charge in [-0.25, -0.2) is 13.4 Å². The third-order valence-corrected chi connectivity index (χ3v) is 4.65. The van der Waals surface area contributed by atoms with E-state index < -0.39 is 9.84 Å². The van der Waals surface area contributed by atoms with Crippen LogP contribution < -0.4 is 5.73 Å². The lowest BCUT2D eigenvalue weighted by molar-refractivity contribution is 0.602. The topological polar surface area (TPSA) is 73.1 Å². The number of anilines is 1. The molecule has 0 saturated heterocycles. The van der Waals surface area contributed by atoms with Crippen molar-refractivity contribution < 1.29 is 8.42 Å². The van der Waals surface area contributed by atoms with E-state index in [0.717, 1.165) is 15.6 Å². The van der Waals surface area contributed by atoms with Crippen LogP contribution in [0.1, 0.15) is 5.69 Å². The summed E-state index contributed by atoms with van der Waals surface area (Å²) in [6.45, 7) is 1.90. The summed E-state index contributed by atoms with van der Waals surface area (Å²) in [6, 6.07) is 10.4. The molecule has 6 heteroatoms. The summed E-state index contributed by atoms with van der Waals surface area (Å²) in [4.78, 5) is 5.57. The summed E-state index contributed by atoms with van der Waals surface area (Å²) in [5, 5.41) is 0.729. The van der Waals surface area contributed by atoms with E-state index in [4.69, 9.17) is 5.73 Å². The lowest BCUT2D eigenvalue weighted by Crippen LogP contribution is -1.96. The molecule has 2 rings (SSSR count). The average molecular weight is 294 g/mol. The molecule has 1 aromatic heterocycles. The van der Waals surface area contributed by atoms with Crippen LogP contribution in [0.15, 0.2) is 51.2 Å². The van der Waals surface area contributed by atoms with Gasteiger partial charge in [0.2, 0.25) is 0 Å². The number of aryl methyl sites for hydroxylation is 1. The largest absolute Gasteiger partial charge is 0.397 e. The Kier molecular flexibility index (Phi) is 3.82. The second kappa shape index (κ2) is 5.22. The van der Waals surface area contributed by atoms with E-state index in [9.17, 15) is 8.42 Å². The molecule has 0 fully saturated rings. The fourth-order valence-electron chi connectivity index (χ4n) is 1.49. The van der Waals surface area contributed by atoms with Gasteiger partial charge in [0.05, 0.1) is 10.6 Å². The standard InChI is InChI=1S/C13H14N2O2S2/c1-9-3-8-12(14)13(15-9)18-10-4-6-11(7-5-10)19(2,16)17/h3-8H,14H2,1-2H3. The highest BCUT2D eigenvalue weighted by molar-refractivity contribution is 7.99. The van der Waals surface area contributed by atoms with Crippen LogP contribution in [-0.4, -0.2) is 19.7 Å². The van der Waals surface area contributed by atoms with Gasteiger partial charge in [-0.3, -0.25) is 0 Å². The van der Waals surface area contributed by atoms with Gasteiger partial charge in [0, 0.05) is 16.8 Å². The minimum absolute atomic E-state index is 0.307. The molecule has 4 nitrogen and oxygen atoms in total. The van der Waals surface area contributed by atoms with E-state index in [2.05, 4.69) is 4.98 Å². The molecule has 0 aliphatic heterocycles. The molecule has 1 aromatic carbocycles. The molecule has 0 amide bonds. The van der Waals surface area contributed by atoms with Gasteiger partial charge in [-0.2, -0.15) is 0 Å². The normalized spacial score (nSPS) is 11.5. The molecule has 0 saturated carbocycles. The molecule has 0 aliphatic carbocycles. The van der Waals surface area contributed by atoms with E-state index in [0.29, 0.717) is 10.6 Å². The van der Waals surface area contributed by atoms with E-state index in [-0.39, 0.29) is 0 Å². The van der Waals surface area contributed by atoms with Crippen molar-refractivity contribution in [3.8, 4) is 0 Å². The van der Waals surface area contributed by atoms with Crippen molar-refractivity contribution in [3.63, 3.8) is 0 Å². The minimum atomic E-state index is -3.16. The summed E-state index contributed by atoms with van der Waals surface area (Å²) < 4.78 is 22.7. The van der Waals surface area contributed by atoms with Crippen LogP contribution in [0, 0.1) is 6.92 Å². The number of hydrogen-bond acceptors (Lipinski definition) is 5. The van der Waals surface area contributed by atoms with Crippen molar-refractivity contribution in [3.05, 3.63) is 42.1 Å². The first kappa shape index (κ1) is 13.9. The van der Waals surface area contributed by atoms with Gasteiger partial charge >= 0.3 is 0 Å². The van der Waals surface area contributed by atoms with E-state index in [1.54, 1.807) is 24.3 Å². The molecule has 2 N–H and O–H groups in total. The highest BCUT2D eigenvalue weighted by Gasteiger charge is 2.08. The maximum atomic E-state index is 11.4. The summed E-state index contributed by atoms with van der Waals surface area (Å²) in [5.74, 6) is 0. The third kappa shape index (κ3) is 3.48. The maximum absolute atomic E-state index is 11.4. The molecule has 0 radical (unpaired) electrons. The smallest absolute Gasteiger partial charge is 0.175 e. The zero-order valence-electron chi connectivity index (χ0n) is 10.6. The second-order valence-electron chi connectivity index (χ2n) is 4.19. The number of pyridine rings is 1. The molecule has 0 spiro atoms. The molecule has 0 atom stereocenters. The fraction of sp³-hybridized carbons (Fsp3) is 0.154. The number of rotatable bonds is 3. The maximum Gasteiger partial charge on any atom is 0.175 e. The van der Waals surface area contributed by atoms with Crippen molar-refractivity contribution in [1.29, 1.82) is 0 Å². The van der Waals surface area contributed by atoms with Crippen LogP contribution in [0.2, 0.25) is 0 Å². The Bertz CT molecular complexity index is 695. The van der Waals surface area contributed by atoms with Crippen LogP contribution in [0.4, 0.5) is 5.69 Å². The summed E-state index contributed by atoms with van der Waals surface area (Å²) in [7, 11) is -3.16. The Labute approximate surface area is 117 Å². The number of nitrogen functional groups attached to an aromatic ring is 1. The SMILES string of the molecule is Cc1ccc(N)c(Sc2ccc(S(C)(=O)=O)cc2)n1. The van der Waals surface area contributed by atoms with Gasteiger partial charge in [-0.05, 0) is 43.3 Å². The van der Waals surface area contributed by atoms with Crippen LogP contribution >= 0.6 is 11.8 Å². The molecule has 19 heavy (non-hydrogen) atoms. The quantitative estimate of drug-likeness (QED) is 0.941. The number of benzene rings is 1. The zero-order valence-corrected chi connectivity index (χ0v) is 12.3. The average Bonchev–Trinajstić information content (AvgIpc) is 2.33. The molecule has 2 aromatic rings. The van der Waals surface area contributed by atoms with Gasteiger partial charge in [-0.15, -0.1) is 0 Å². The first-order valence-electron chi connectivity index (χ1n) is 5.57. The zero-order chi connectivity index (χ0) is 14.0. The van der Waals surface area contributed by atoms with Crippen molar-refractivity contribution in [2.45, 2.75) is 21.7 Å². The van der Waals surface area contributed by atoms with Crippen molar-refractivity contribution >= 4 is 27.3 Å². The van der Waals surface area contributed by atoms with Gasteiger partial charge in [0.25, 0.3) is 0 Å². The number of nitrogens with zero attached hydrogens (tertiary/aromatic N) is 1. The summed E-state index contributed by atoms with van der Waals surface area (Å²) in [6.07, 6.45) is 1.19. The monoisotopic (exact) mass is 294 g/mol. The van der Waals surface area contributed by atoms with Crippen LogP contribution in [-0.2, 0) is 9.84 Å². The second-order valence-corrected chi connectivity index (χ2v) is 7.27. The number of aromatic nitrogens is 1. The fourth-order valence-corrected chi connectivity index (χ4v) is 2.99.